The fourth-order valence-corrected chi connectivity index (χ4v) is 2.58. The molecular formula is C15H18N6. The predicted molar refractivity (Wildman–Crippen MR) is 81.2 cm³/mol. The lowest BCUT2D eigenvalue weighted by atomic mass is 10.2. The highest BCUT2D eigenvalue weighted by atomic mass is 15.4. The fraction of sp³-hybridized carbons (Fsp3) is 0.400. The zero-order chi connectivity index (χ0) is 14.7. The molecule has 3 rings (SSSR count). The van der Waals surface area contributed by atoms with Crippen molar-refractivity contribution in [2.45, 2.75) is 25.7 Å². The van der Waals surface area contributed by atoms with Gasteiger partial charge in [0.15, 0.2) is 0 Å². The number of nitrogens with two attached hydrogens (primary N) is 1. The summed E-state index contributed by atoms with van der Waals surface area (Å²) in [4.78, 5) is 6.58. The largest absolute Gasteiger partial charge is 0.368 e. The molecule has 0 saturated carbocycles. The number of hydrogen-bond donors (Lipinski definition) is 1. The van der Waals surface area contributed by atoms with Gasteiger partial charge in [0.25, 0.3) is 0 Å². The van der Waals surface area contributed by atoms with Crippen molar-refractivity contribution in [2.24, 2.45) is 0 Å². The Balaban J connectivity index is 1.87. The first-order valence-electron chi connectivity index (χ1n) is 7.26. The van der Waals surface area contributed by atoms with E-state index in [-0.39, 0.29) is 0 Å². The summed E-state index contributed by atoms with van der Waals surface area (Å²) >= 11 is 0. The summed E-state index contributed by atoms with van der Waals surface area (Å²) in [6.07, 6.45) is 4.88. The van der Waals surface area contributed by atoms with Crippen molar-refractivity contribution < 1.29 is 0 Å². The van der Waals surface area contributed by atoms with E-state index in [4.69, 9.17) is 11.0 Å². The van der Waals surface area contributed by atoms with Gasteiger partial charge in [-0.3, -0.25) is 0 Å². The number of nitriles is 1. The molecule has 1 aliphatic rings. The Morgan fingerprint density at radius 2 is 1.71 bits per heavy atom. The lowest BCUT2D eigenvalue weighted by Crippen LogP contribution is -2.25. The van der Waals surface area contributed by atoms with E-state index in [2.05, 4.69) is 21.1 Å². The van der Waals surface area contributed by atoms with Gasteiger partial charge < -0.3 is 10.6 Å². The molecule has 1 aliphatic heterocycles. The molecule has 0 radical (unpaired) electrons. The number of nitrogens with zero attached hydrogens (tertiary/aromatic N) is 5. The predicted octanol–water partition coefficient (Wildman–Crippen LogP) is 2.10. The lowest BCUT2D eigenvalue weighted by molar-refractivity contribution is 0.726. The Labute approximate surface area is 123 Å². The van der Waals surface area contributed by atoms with Gasteiger partial charge in [0.2, 0.25) is 11.9 Å². The van der Waals surface area contributed by atoms with Gasteiger partial charge in [-0.25, -0.2) is 0 Å². The van der Waals surface area contributed by atoms with Gasteiger partial charge in [-0.05, 0) is 37.1 Å². The molecule has 2 heterocycles. The van der Waals surface area contributed by atoms with E-state index < -0.39 is 0 Å². The first-order valence-corrected chi connectivity index (χ1v) is 7.26. The molecule has 1 aromatic carbocycles. The minimum Gasteiger partial charge on any atom is -0.368 e. The normalized spacial score (nSPS) is 15.5. The number of aromatic nitrogens is 3. The molecule has 0 amide bonds. The summed E-state index contributed by atoms with van der Waals surface area (Å²) in [5, 5.41) is 13.4. The van der Waals surface area contributed by atoms with Crippen molar-refractivity contribution >= 4 is 11.9 Å². The quantitative estimate of drug-likeness (QED) is 0.912. The molecule has 0 unspecified atom stereocenters. The Morgan fingerprint density at radius 1 is 1.05 bits per heavy atom. The molecule has 108 valence electrons. The lowest BCUT2D eigenvalue weighted by Gasteiger charge is -2.17. The van der Waals surface area contributed by atoms with E-state index >= 15 is 0 Å². The van der Waals surface area contributed by atoms with Crippen molar-refractivity contribution in [3.8, 4) is 11.8 Å². The van der Waals surface area contributed by atoms with E-state index in [1.807, 2.05) is 12.1 Å². The molecule has 0 bridgehead atoms. The van der Waals surface area contributed by atoms with Gasteiger partial charge in [-0.2, -0.15) is 14.9 Å². The number of hydrogen-bond acceptors (Lipinski definition) is 5. The van der Waals surface area contributed by atoms with Crippen molar-refractivity contribution in [3.63, 3.8) is 0 Å². The van der Waals surface area contributed by atoms with Crippen LogP contribution >= 0.6 is 0 Å². The number of rotatable bonds is 2. The molecule has 0 spiro atoms. The highest BCUT2D eigenvalue weighted by Crippen LogP contribution is 2.19. The van der Waals surface area contributed by atoms with Crippen LogP contribution in [-0.2, 0) is 0 Å². The van der Waals surface area contributed by atoms with Crippen LogP contribution in [0.5, 0.6) is 0 Å². The van der Waals surface area contributed by atoms with Crippen LogP contribution in [0, 0.1) is 11.3 Å². The molecule has 0 atom stereocenters. The summed E-state index contributed by atoms with van der Waals surface area (Å²) in [6, 6.07) is 9.26. The highest BCUT2D eigenvalue weighted by molar-refractivity contribution is 5.45. The fourth-order valence-electron chi connectivity index (χ4n) is 2.58. The zero-order valence-corrected chi connectivity index (χ0v) is 11.9. The molecule has 1 saturated heterocycles. The maximum absolute atomic E-state index is 8.84. The maximum atomic E-state index is 8.84. The van der Waals surface area contributed by atoms with Crippen LogP contribution in [0.4, 0.5) is 11.9 Å². The van der Waals surface area contributed by atoms with Gasteiger partial charge in [0.05, 0.1) is 17.3 Å². The average Bonchev–Trinajstić information content (AvgIpc) is 2.74. The minimum absolute atomic E-state index is 0.374. The van der Waals surface area contributed by atoms with E-state index in [1.54, 1.807) is 16.8 Å². The molecule has 2 aromatic rings. The Kier molecular flexibility index (Phi) is 3.73. The average molecular weight is 282 g/mol. The summed E-state index contributed by atoms with van der Waals surface area (Å²) in [5.41, 5.74) is 7.42. The molecule has 1 fully saturated rings. The van der Waals surface area contributed by atoms with Crippen molar-refractivity contribution in [3.05, 3.63) is 29.8 Å². The second kappa shape index (κ2) is 5.83. The van der Waals surface area contributed by atoms with Crippen LogP contribution in [0.2, 0.25) is 0 Å². The highest BCUT2D eigenvalue weighted by Gasteiger charge is 2.16. The Hall–Kier alpha value is -2.55. The SMILES string of the molecule is N#Cc1ccc(-n2nc(N3CCCCCC3)nc2N)cc1. The number of nitrogen functional groups attached to an aromatic ring is 1. The molecule has 1 aromatic heterocycles. The van der Waals surface area contributed by atoms with E-state index in [0.29, 0.717) is 17.5 Å². The first-order chi connectivity index (χ1) is 10.3. The van der Waals surface area contributed by atoms with Crippen LogP contribution < -0.4 is 10.6 Å². The number of anilines is 2. The van der Waals surface area contributed by atoms with E-state index in [9.17, 15) is 0 Å². The van der Waals surface area contributed by atoms with Gasteiger partial charge in [0, 0.05) is 13.1 Å². The van der Waals surface area contributed by atoms with Gasteiger partial charge >= 0.3 is 0 Å². The van der Waals surface area contributed by atoms with Crippen molar-refractivity contribution in [2.75, 3.05) is 23.7 Å². The monoisotopic (exact) mass is 282 g/mol. The standard InChI is InChI=1S/C15H18N6/c16-11-12-5-7-13(8-6-12)21-14(17)18-15(19-21)20-9-3-1-2-4-10-20/h5-8H,1-4,9-10H2,(H2,17,18,19). The third-order valence-corrected chi connectivity index (χ3v) is 3.75. The third kappa shape index (κ3) is 2.82. The summed E-state index contributed by atoms with van der Waals surface area (Å²) < 4.78 is 1.63. The molecular weight excluding hydrogens is 264 g/mol. The molecule has 6 heteroatoms. The maximum Gasteiger partial charge on any atom is 0.246 e. The second-order valence-electron chi connectivity index (χ2n) is 5.24. The molecule has 6 nitrogen and oxygen atoms in total. The van der Waals surface area contributed by atoms with Crippen LogP contribution in [0.1, 0.15) is 31.2 Å². The third-order valence-electron chi connectivity index (χ3n) is 3.75. The van der Waals surface area contributed by atoms with Crippen LogP contribution in [0.3, 0.4) is 0 Å². The summed E-state index contributed by atoms with van der Waals surface area (Å²) in [6.45, 7) is 1.97. The summed E-state index contributed by atoms with van der Waals surface area (Å²) in [7, 11) is 0. The van der Waals surface area contributed by atoms with E-state index in [0.717, 1.165) is 18.8 Å². The minimum atomic E-state index is 0.374. The number of benzene rings is 1. The smallest absolute Gasteiger partial charge is 0.246 e. The zero-order valence-electron chi connectivity index (χ0n) is 11.9. The Morgan fingerprint density at radius 3 is 2.33 bits per heavy atom. The van der Waals surface area contributed by atoms with Crippen molar-refractivity contribution in [1.29, 1.82) is 5.26 Å². The van der Waals surface area contributed by atoms with E-state index in [1.165, 1.54) is 25.7 Å². The van der Waals surface area contributed by atoms with Crippen LogP contribution in [-0.4, -0.2) is 27.9 Å². The Bertz CT molecular complexity index is 644. The van der Waals surface area contributed by atoms with Crippen molar-refractivity contribution in [1.82, 2.24) is 14.8 Å². The molecule has 0 aliphatic carbocycles. The van der Waals surface area contributed by atoms with Gasteiger partial charge in [-0.1, -0.05) is 12.8 Å². The molecule has 21 heavy (non-hydrogen) atoms. The van der Waals surface area contributed by atoms with Gasteiger partial charge in [-0.15, -0.1) is 5.10 Å². The van der Waals surface area contributed by atoms with Gasteiger partial charge in [0.1, 0.15) is 0 Å². The van der Waals surface area contributed by atoms with Crippen LogP contribution in [0.15, 0.2) is 24.3 Å². The first kappa shape index (κ1) is 13.4. The van der Waals surface area contributed by atoms with Crippen LogP contribution in [0.25, 0.3) is 5.69 Å². The topological polar surface area (TPSA) is 83.8 Å². The summed E-state index contributed by atoms with van der Waals surface area (Å²) in [5.74, 6) is 1.07. The molecule has 2 N–H and O–H groups in total. The second-order valence-corrected chi connectivity index (χ2v) is 5.24.